The van der Waals surface area contributed by atoms with Crippen LogP contribution in [-0.2, 0) is 4.74 Å². The van der Waals surface area contributed by atoms with Crippen molar-refractivity contribution in [2.24, 2.45) is 0 Å². The zero-order valence-electron chi connectivity index (χ0n) is 8.87. The van der Waals surface area contributed by atoms with Gasteiger partial charge in [0.25, 0.3) is 0 Å². The molecule has 0 fully saturated rings. The van der Waals surface area contributed by atoms with Gasteiger partial charge >= 0.3 is 101 Å². The molecule has 0 aromatic carbocycles. The number of carbonyl (C=O) groups excluding carboxylic acids is 1. The molecule has 0 heterocycles. The normalized spacial score (nSPS) is 8.31. The summed E-state index contributed by atoms with van der Waals surface area (Å²) in [5, 5.41) is 8.85. The van der Waals surface area contributed by atoms with E-state index in [1.807, 2.05) is 0 Å². The van der Waals surface area contributed by atoms with E-state index in [4.69, 9.17) is 20.6 Å². The molecule has 0 aliphatic heterocycles. The van der Waals surface area contributed by atoms with E-state index < -0.39 is 24.7 Å². The van der Waals surface area contributed by atoms with Crippen LogP contribution in [0.1, 0.15) is 0 Å². The van der Waals surface area contributed by atoms with Crippen molar-refractivity contribution in [3.05, 3.63) is 0 Å². The van der Waals surface area contributed by atoms with Crippen molar-refractivity contribution < 1.29 is 19.4 Å². The molecule has 0 saturated heterocycles. The van der Waals surface area contributed by atoms with Crippen LogP contribution in [0.5, 0.6) is 0 Å². The standard InChI is InChI=1S/C3H4B9O4/c1-16-3(15)11(5)12(2(13)14)10-9-8-7-6-4/h1H3,(H,13,14). The van der Waals surface area contributed by atoms with Gasteiger partial charge in [0.05, 0.1) is 0 Å². The first-order chi connectivity index (χ1) is 7.54. The van der Waals surface area contributed by atoms with Crippen LogP contribution < -0.4 is 0 Å². The average molecular weight is 201 g/mol. The van der Waals surface area contributed by atoms with Crippen LogP contribution in [0.15, 0.2) is 0 Å². The summed E-state index contributed by atoms with van der Waals surface area (Å²) in [5.74, 6) is -1.97. The number of hydrogen-bond acceptors (Lipinski definition) is 3. The Bertz CT molecular complexity index is 267. The van der Waals surface area contributed by atoms with Crippen LogP contribution in [0, 0.1) is 0 Å². The minimum absolute atomic E-state index is 0.772. The number of rotatable bonds is 7. The minimum atomic E-state index is -1.23. The Morgan fingerprint density at radius 1 is 1.38 bits per heavy atom. The van der Waals surface area contributed by atoms with Gasteiger partial charge in [-0.15, -0.1) is 0 Å². The van der Waals surface area contributed by atoms with Crippen LogP contribution in [0.25, 0.3) is 0 Å². The first kappa shape index (κ1) is 15.5. The molecular formula is C3H4B9O4. The van der Waals surface area contributed by atoms with Crippen LogP contribution in [0.4, 0.5) is 9.59 Å². The van der Waals surface area contributed by atoms with Crippen molar-refractivity contribution in [3.8, 4) is 0 Å². The molecule has 0 bridgehead atoms. The second kappa shape index (κ2) is 8.65. The van der Waals surface area contributed by atoms with Crippen LogP contribution in [-0.4, -0.2) is 87.0 Å². The predicted molar refractivity (Wildman–Crippen MR) is 72.2 cm³/mol. The predicted octanol–water partition coefficient (Wildman–Crippen LogP) is -2.91. The van der Waals surface area contributed by atoms with E-state index in [-0.39, 0.29) is 0 Å². The average Bonchev–Trinajstić information content (AvgIpc) is 2.26. The molecule has 0 aromatic heterocycles. The van der Waals surface area contributed by atoms with E-state index >= 15 is 0 Å². The molecule has 67 valence electrons. The molecule has 0 aromatic rings. The van der Waals surface area contributed by atoms with Crippen LogP contribution >= 0.6 is 0 Å². The van der Waals surface area contributed by atoms with Crippen molar-refractivity contribution in [1.82, 2.24) is 0 Å². The van der Waals surface area contributed by atoms with Crippen molar-refractivity contribution in [2.45, 2.75) is 0 Å². The summed E-state index contributed by atoms with van der Waals surface area (Å²) in [6.07, 6.45) is 0. The van der Waals surface area contributed by atoms with E-state index in [0.717, 1.165) is 7.11 Å². The molecule has 0 aliphatic carbocycles. The number of carbonyl (C=O) groups is 2. The Morgan fingerprint density at radius 2 is 2.00 bits per heavy atom. The third kappa shape index (κ3) is 5.57. The van der Waals surface area contributed by atoms with Gasteiger partial charge in [-0.1, -0.05) is 0 Å². The molecule has 7 radical (unpaired) electrons. The van der Waals surface area contributed by atoms with Gasteiger partial charge in [-0.25, -0.2) is 0 Å². The molecule has 13 heteroatoms. The first-order valence-corrected chi connectivity index (χ1v) is 4.49. The fraction of sp³-hybridized carbons (Fsp3) is 0.333. The Kier molecular flexibility index (Phi) is 8.39. The van der Waals surface area contributed by atoms with Gasteiger partial charge in [0.1, 0.15) is 0 Å². The zero-order chi connectivity index (χ0) is 12.6. The Labute approximate surface area is 102 Å². The van der Waals surface area contributed by atoms with Gasteiger partial charge in [-0.05, 0) is 0 Å². The Hall–Kier alpha value is -0.476. The zero-order valence-corrected chi connectivity index (χ0v) is 8.87. The molecule has 0 saturated carbocycles. The van der Waals surface area contributed by atoms with Crippen molar-refractivity contribution in [1.29, 1.82) is 0 Å². The molecule has 0 unspecified atom stereocenters. The summed E-state index contributed by atoms with van der Waals surface area (Å²) in [6, 6.07) is 0. The number of methoxy groups -OCH3 is 1. The fourth-order valence-corrected chi connectivity index (χ4v) is 0.950. The van der Waals surface area contributed by atoms with Gasteiger partial charge < -0.3 is 0 Å². The molecule has 4 nitrogen and oxygen atoms in total. The number of hydrogen-bond donors (Lipinski definition) is 1. The third-order valence-corrected chi connectivity index (χ3v) is 1.80. The molecular weight excluding hydrogens is 197 g/mol. The fourth-order valence-electron chi connectivity index (χ4n) is 0.950. The maximum atomic E-state index is 11.1. The molecule has 16 heavy (non-hydrogen) atoms. The maximum absolute atomic E-state index is 11.1. The topological polar surface area (TPSA) is 63.6 Å². The van der Waals surface area contributed by atoms with Gasteiger partial charge in [-0.2, -0.15) is 0 Å². The Morgan fingerprint density at radius 3 is 2.44 bits per heavy atom. The van der Waals surface area contributed by atoms with Crippen molar-refractivity contribution >= 4 is 74.8 Å². The second-order valence-corrected chi connectivity index (χ2v) is 2.88. The summed E-state index contributed by atoms with van der Waals surface area (Å²) >= 11 is 0. The summed E-state index contributed by atoms with van der Waals surface area (Å²) in [6.45, 7) is 0.620. The summed E-state index contributed by atoms with van der Waals surface area (Å²) < 4.78 is 4.37. The van der Waals surface area contributed by atoms with Crippen LogP contribution in [0.3, 0.4) is 0 Å². The van der Waals surface area contributed by atoms with E-state index in [2.05, 4.69) is 4.74 Å². The number of carboxylic acid groups (broad SMARTS) is 1. The molecule has 0 atom stereocenters. The van der Waals surface area contributed by atoms with Gasteiger partial charge in [-0.3, -0.25) is 0 Å². The van der Waals surface area contributed by atoms with E-state index in [9.17, 15) is 9.59 Å². The van der Waals surface area contributed by atoms with Crippen LogP contribution in [0.2, 0.25) is 0 Å². The Balaban J connectivity index is 4.38. The SMILES string of the molecule is [B][B][B]B=B[B]B(B([B])C(=O)OC)C(=O)O. The molecule has 0 spiro atoms. The monoisotopic (exact) mass is 203 g/mol. The van der Waals surface area contributed by atoms with Gasteiger partial charge in [0.15, 0.2) is 0 Å². The summed E-state index contributed by atoms with van der Waals surface area (Å²) in [7, 11) is 15.7. The van der Waals surface area contributed by atoms with E-state index in [1.165, 1.54) is 34.6 Å². The number of ether oxygens (including phenoxy) is 1. The summed E-state index contributed by atoms with van der Waals surface area (Å²) in [4.78, 5) is 21.9. The molecule has 0 aliphatic rings. The first-order valence-electron chi connectivity index (χ1n) is 4.49. The second-order valence-electron chi connectivity index (χ2n) is 2.88. The van der Waals surface area contributed by atoms with Gasteiger partial charge in [0.2, 0.25) is 0 Å². The van der Waals surface area contributed by atoms with Crippen molar-refractivity contribution in [2.75, 3.05) is 7.11 Å². The quantitative estimate of drug-likeness (QED) is 0.449. The third-order valence-electron chi connectivity index (χ3n) is 1.80. The van der Waals surface area contributed by atoms with E-state index in [1.54, 1.807) is 0 Å². The summed E-state index contributed by atoms with van der Waals surface area (Å²) in [5.41, 5.74) is 0. The van der Waals surface area contributed by atoms with Crippen molar-refractivity contribution in [3.63, 3.8) is 0 Å². The van der Waals surface area contributed by atoms with Gasteiger partial charge in [0, 0.05) is 0 Å². The molecule has 0 rings (SSSR count). The molecule has 1 N–H and O–H groups in total. The molecule has 0 amide bonds. The van der Waals surface area contributed by atoms with E-state index in [0.29, 0.717) is 0 Å².